The van der Waals surface area contributed by atoms with E-state index in [1.54, 1.807) is 30.3 Å². The zero-order valence-corrected chi connectivity index (χ0v) is 16.2. The van der Waals surface area contributed by atoms with Crippen LogP contribution < -0.4 is 14.8 Å². The van der Waals surface area contributed by atoms with Crippen LogP contribution in [0, 0.1) is 0 Å². The molecule has 6 nitrogen and oxygen atoms in total. The first-order valence-corrected chi connectivity index (χ1v) is 10.2. The number of halogens is 1. The molecule has 0 aromatic heterocycles. The van der Waals surface area contributed by atoms with Crippen molar-refractivity contribution in [3.63, 3.8) is 0 Å². The second-order valence-electron chi connectivity index (χ2n) is 5.53. The van der Waals surface area contributed by atoms with E-state index in [-0.39, 0.29) is 18.6 Å². The lowest BCUT2D eigenvalue weighted by Crippen LogP contribution is -2.31. The minimum Gasteiger partial charge on any atom is -0.484 e. The number of carbonyl (C=O) groups excluding carboxylic acids is 1. The molecular weight excluding hydrogens is 408 g/mol. The average molecular weight is 427 g/mol. The lowest BCUT2D eigenvalue weighted by atomic mass is 10.1. The summed E-state index contributed by atoms with van der Waals surface area (Å²) in [6, 6.07) is 13.8. The van der Waals surface area contributed by atoms with Crippen molar-refractivity contribution in [3.8, 4) is 5.75 Å². The van der Waals surface area contributed by atoms with Crippen LogP contribution in [0.25, 0.3) is 0 Å². The molecule has 2 rings (SSSR count). The second kappa shape index (κ2) is 8.35. The Bertz CT molecular complexity index is 838. The van der Waals surface area contributed by atoms with Gasteiger partial charge in [0, 0.05) is 10.2 Å². The highest BCUT2D eigenvalue weighted by atomic mass is 79.9. The third-order valence-electron chi connectivity index (χ3n) is 3.25. The van der Waals surface area contributed by atoms with Crippen molar-refractivity contribution in [2.45, 2.75) is 13.0 Å². The first kappa shape index (κ1) is 19.3. The maximum Gasteiger partial charge on any atom is 0.258 e. The average Bonchev–Trinajstić information content (AvgIpc) is 2.53. The lowest BCUT2D eigenvalue weighted by molar-refractivity contribution is -0.123. The number of ether oxygens (including phenoxy) is 1. The topological polar surface area (TPSA) is 84.5 Å². The molecule has 1 atom stereocenters. The van der Waals surface area contributed by atoms with Gasteiger partial charge in [-0.05, 0) is 48.9 Å². The molecule has 2 aromatic carbocycles. The highest BCUT2D eigenvalue weighted by molar-refractivity contribution is 9.10. The summed E-state index contributed by atoms with van der Waals surface area (Å²) in [6.07, 6.45) is 1.09. The highest BCUT2D eigenvalue weighted by Gasteiger charge is 2.11. The summed E-state index contributed by atoms with van der Waals surface area (Å²) in [6.45, 7) is 1.71. The Kier molecular flexibility index (Phi) is 6.44. The van der Waals surface area contributed by atoms with Crippen molar-refractivity contribution in [3.05, 3.63) is 58.6 Å². The van der Waals surface area contributed by atoms with E-state index in [1.807, 2.05) is 25.1 Å². The summed E-state index contributed by atoms with van der Waals surface area (Å²) in [5.74, 6) is 0.335. The van der Waals surface area contributed by atoms with Gasteiger partial charge in [0.05, 0.1) is 12.3 Å². The fourth-order valence-electron chi connectivity index (χ4n) is 2.13. The molecular formula is C17H19BrN2O4S. The number of amides is 1. The van der Waals surface area contributed by atoms with Gasteiger partial charge in [-0.3, -0.25) is 9.52 Å². The van der Waals surface area contributed by atoms with Gasteiger partial charge >= 0.3 is 0 Å². The van der Waals surface area contributed by atoms with E-state index in [1.165, 1.54) is 0 Å². The third kappa shape index (κ3) is 6.75. The molecule has 25 heavy (non-hydrogen) atoms. The summed E-state index contributed by atoms with van der Waals surface area (Å²) in [5, 5.41) is 2.82. The van der Waals surface area contributed by atoms with Crippen molar-refractivity contribution < 1.29 is 17.9 Å². The van der Waals surface area contributed by atoms with Crippen LogP contribution in [-0.2, 0) is 14.8 Å². The molecule has 0 aliphatic heterocycles. The van der Waals surface area contributed by atoms with Crippen LogP contribution in [0.1, 0.15) is 18.5 Å². The molecule has 2 N–H and O–H groups in total. The molecule has 0 saturated heterocycles. The predicted molar refractivity (Wildman–Crippen MR) is 101 cm³/mol. The lowest BCUT2D eigenvalue weighted by Gasteiger charge is -2.16. The first-order valence-electron chi connectivity index (χ1n) is 7.48. The smallest absolute Gasteiger partial charge is 0.258 e. The van der Waals surface area contributed by atoms with E-state index in [0.29, 0.717) is 11.4 Å². The number of hydrogen-bond acceptors (Lipinski definition) is 4. The summed E-state index contributed by atoms with van der Waals surface area (Å²) in [7, 11) is -3.35. The zero-order chi connectivity index (χ0) is 18.4. The molecule has 0 aliphatic rings. The van der Waals surface area contributed by atoms with Gasteiger partial charge in [0.15, 0.2) is 6.61 Å². The Labute approximate surface area is 155 Å². The quantitative estimate of drug-likeness (QED) is 0.712. The number of nitrogens with one attached hydrogen (secondary N) is 2. The van der Waals surface area contributed by atoms with Crippen LogP contribution in [0.2, 0.25) is 0 Å². The monoisotopic (exact) mass is 426 g/mol. The van der Waals surface area contributed by atoms with Crippen molar-refractivity contribution in [2.24, 2.45) is 0 Å². The molecule has 134 valence electrons. The normalized spacial score (nSPS) is 12.3. The Morgan fingerprint density at radius 2 is 1.88 bits per heavy atom. The third-order valence-corrected chi connectivity index (χ3v) is 4.39. The number of rotatable bonds is 7. The molecule has 0 radical (unpaired) electrons. The van der Waals surface area contributed by atoms with E-state index in [0.717, 1.165) is 16.3 Å². The number of sulfonamides is 1. The van der Waals surface area contributed by atoms with Crippen LogP contribution in [0.5, 0.6) is 5.75 Å². The highest BCUT2D eigenvalue weighted by Crippen LogP contribution is 2.19. The SMILES string of the molecule is CC(NC(=O)COc1ccc(Br)cc1)c1cccc(NS(C)(=O)=O)c1. The van der Waals surface area contributed by atoms with E-state index in [2.05, 4.69) is 26.0 Å². The molecule has 8 heteroatoms. The van der Waals surface area contributed by atoms with Crippen LogP contribution in [0.4, 0.5) is 5.69 Å². The van der Waals surface area contributed by atoms with Gasteiger partial charge in [0.25, 0.3) is 5.91 Å². The minimum absolute atomic E-state index is 0.104. The maximum absolute atomic E-state index is 12.0. The number of benzene rings is 2. The van der Waals surface area contributed by atoms with Gasteiger partial charge in [0.1, 0.15) is 5.75 Å². The number of carbonyl (C=O) groups is 1. The summed E-state index contributed by atoms with van der Waals surface area (Å²) < 4.78 is 31.4. The van der Waals surface area contributed by atoms with Gasteiger partial charge in [-0.15, -0.1) is 0 Å². The Balaban J connectivity index is 1.92. The van der Waals surface area contributed by atoms with Gasteiger partial charge in [-0.1, -0.05) is 28.1 Å². The van der Waals surface area contributed by atoms with Crippen LogP contribution >= 0.6 is 15.9 Å². The molecule has 1 unspecified atom stereocenters. The first-order chi connectivity index (χ1) is 11.7. The molecule has 0 spiro atoms. The van der Waals surface area contributed by atoms with Gasteiger partial charge in [-0.2, -0.15) is 0 Å². The van der Waals surface area contributed by atoms with Crippen LogP contribution in [0.15, 0.2) is 53.0 Å². The molecule has 0 fully saturated rings. The van der Waals surface area contributed by atoms with E-state index in [4.69, 9.17) is 4.74 Å². The molecule has 0 saturated carbocycles. The van der Waals surface area contributed by atoms with Gasteiger partial charge < -0.3 is 10.1 Å². The largest absolute Gasteiger partial charge is 0.484 e. The number of hydrogen-bond donors (Lipinski definition) is 2. The summed E-state index contributed by atoms with van der Waals surface area (Å²) >= 11 is 3.33. The van der Waals surface area contributed by atoms with Crippen LogP contribution in [-0.4, -0.2) is 27.2 Å². The second-order valence-corrected chi connectivity index (χ2v) is 8.20. The standard InChI is InChI=1S/C17H19BrN2O4S/c1-12(13-4-3-5-15(10-13)20-25(2,22)23)19-17(21)11-24-16-8-6-14(18)7-9-16/h3-10,12,20H,11H2,1-2H3,(H,19,21). The Hall–Kier alpha value is -2.06. The number of anilines is 1. The Morgan fingerprint density at radius 1 is 1.20 bits per heavy atom. The molecule has 0 aliphatic carbocycles. The Morgan fingerprint density at radius 3 is 2.52 bits per heavy atom. The minimum atomic E-state index is -3.35. The molecule has 0 heterocycles. The molecule has 2 aromatic rings. The van der Waals surface area contributed by atoms with Crippen molar-refractivity contribution in [1.29, 1.82) is 0 Å². The van der Waals surface area contributed by atoms with Gasteiger partial charge in [0.2, 0.25) is 10.0 Å². The summed E-state index contributed by atoms with van der Waals surface area (Å²) in [4.78, 5) is 12.0. The van der Waals surface area contributed by atoms with Crippen LogP contribution in [0.3, 0.4) is 0 Å². The fourth-order valence-corrected chi connectivity index (χ4v) is 2.95. The van der Waals surface area contributed by atoms with E-state index < -0.39 is 10.0 Å². The summed E-state index contributed by atoms with van der Waals surface area (Å²) in [5.41, 5.74) is 1.23. The molecule has 1 amide bonds. The van der Waals surface area contributed by atoms with Crippen molar-refractivity contribution >= 4 is 37.5 Å². The van der Waals surface area contributed by atoms with Gasteiger partial charge in [-0.25, -0.2) is 8.42 Å². The van der Waals surface area contributed by atoms with E-state index >= 15 is 0 Å². The van der Waals surface area contributed by atoms with E-state index in [9.17, 15) is 13.2 Å². The van der Waals surface area contributed by atoms with Crippen molar-refractivity contribution in [2.75, 3.05) is 17.6 Å². The maximum atomic E-state index is 12.0. The predicted octanol–water partition coefficient (Wildman–Crippen LogP) is 3.08. The van der Waals surface area contributed by atoms with Crippen molar-refractivity contribution in [1.82, 2.24) is 5.32 Å². The molecule has 0 bridgehead atoms. The fraction of sp³-hybridized carbons (Fsp3) is 0.235. The zero-order valence-electron chi connectivity index (χ0n) is 13.8.